The molecule has 4 rings (SSSR count). The summed E-state index contributed by atoms with van der Waals surface area (Å²) < 4.78 is 35.7. The number of esters is 1. The van der Waals surface area contributed by atoms with Gasteiger partial charge in [-0.25, -0.2) is 13.4 Å². The molecule has 0 amide bonds. The molecule has 0 bridgehead atoms. The van der Waals surface area contributed by atoms with E-state index in [9.17, 15) is 13.2 Å². The van der Waals surface area contributed by atoms with E-state index in [1.807, 2.05) is 31.1 Å². The minimum Gasteiger partial charge on any atom is -0.465 e. The molecule has 9 nitrogen and oxygen atoms in total. The van der Waals surface area contributed by atoms with Crippen molar-refractivity contribution in [3.05, 3.63) is 89.7 Å². The number of carbonyl (C=O) groups excluding carboxylic acids is 1. The Hall–Kier alpha value is -4.20. The monoisotopic (exact) mass is 545 g/mol. The Morgan fingerprint density at radius 1 is 1.03 bits per heavy atom. The van der Waals surface area contributed by atoms with Gasteiger partial charge in [-0.1, -0.05) is 30.3 Å². The summed E-state index contributed by atoms with van der Waals surface area (Å²) in [7, 11) is -0.0479. The predicted octanol–water partition coefficient (Wildman–Crippen LogP) is 3.82. The number of sulfonamides is 1. The number of nitrogens with zero attached hydrogens (tertiary/aromatic N) is 5. The normalized spacial score (nSPS) is 11.5. The van der Waals surface area contributed by atoms with Crippen LogP contribution in [0.1, 0.15) is 23.9 Å². The van der Waals surface area contributed by atoms with E-state index >= 15 is 0 Å². The number of rotatable bonds is 11. The van der Waals surface area contributed by atoms with Crippen LogP contribution in [0, 0.1) is 11.3 Å². The van der Waals surface area contributed by atoms with Crippen LogP contribution >= 0.6 is 0 Å². The van der Waals surface area contributed by atoms with Crippen molar-refractivity contribution in [3.63, 3.8) is 0 Å². The standard InChI is InChI=1S/C29H31N5O4S/c1-4-38-29(35)21-33-27-15-14-24(19-26(27)31-28(33)18-22-10-12-23(20-30)13-11-22)34(17-16-32(2)3)39(36,37)25-8-6-5-7-9-25/h5-15,19H,4,16-18,21H2,1-3H3. The maximum atomic E-state index is 13.7. The first-order valence-corrected chi connectivity index (χ1v) is 14.0. The van der Waals surface area contributed by atoms with E-state index in [0.29, 0.717) is 41.1 Å². The van der Waals surface area contributed by atoms with Crippen LogP contribution < -0.4 is 4.31 Å². The van der Waals surface area contributed by atoms with Gasteiger partial charge in [0, 0.05) is 19.5 Å². The van der Waals surface area contributed by atoms with Gasteiger partial charge in [0.1, 0.15) is 12.4 Å². The lowest BCUT2D eigenvalue weighted by molar-refractivity contribution is -0.143. The zero-order chi connectivity index (χ0) is 28.0. The van der Waals surface area contributed by atoms with E-state index in [4.69, 9.17) is 15.0 Å². The minimum atomic E-state index is -3.83. The summed E-state index contributed by atoms with van der Waals surface area (Å²) in [6.07, 6.45) is 0.418. The minimum absolute atomic E-state index is 0.0258. The Labute approximate surface area is 228 Å². The molecule has 0 aliphatic heterocycles. The molecule has 0 atom stereocenters. The molecule has 0 radical (unpaired) electrons. The lowest BCUT2D eigenvalue weighted by atomic mass is 10.1. The van der Waals surface area contributed by atoms with Crippen LogP contribution in [0.2, 0.25) is 0 Å². The summed E-state index contributed by atoms with van der Waals surface area (Å²) in [6, 6.07) is 22.9. The lowest BCUT2D eigenvalue weighted by Crippen LogP contribution is -2.36. The first-order valence-electron chi connectivity index (χ1n) is 12.6. The van der Waals surface area contributed by atoms with Crippen molar-refractivity contribution in [1.29, 1.82) is 5.26 Å². The highest BCUT2D eigenvalue weighted by Crippen LogP contribution is 2.28. The van der Waals surface area contributed by atoms with Crippen LogP contribution in [0.4, 0.5) is 5.69 Å². The Morgan fingerprint density at radius 2 is 1.74 bits per heavy atom. The number of hydrogen-bond donors (Lipinski definition) is 0. The number of nitriles is 1. The number of imidazole rings is 1. The van der Waals surface area contributed by atoms with E-state index in [0.717, 1.165) is 5.56 Å². The second-order valence-corrected chi connectivity index (χ2v) is 11.1. The van der Waals surface area contributed by atoms with Crippen LogP contribution in [0.5, 0.6) is 0 Å². The van der Waals surface area contributed by atoms with Crippen molar-refractivity contribution in [2.45, 2.75) is 24.8 Å². The van der Waals surface area contributed by atoms with Gasteiger partial charge in [0.2, 0.25) is 0 Å². The molecule has 202 valence electrons. The fourth-order valence-electron chi connectivity index (χ4n) is 4.25. The van der Waals surface area contributed by atoms with Crippen molar-refractivity contribution in [2.75, 3.05) is 38.1 Å². The van der Waals surface area contributed by atoms with Gasteiger partial charge in [0.05, 0.1) is 39.9 Å². The topological polar surface area (TPSA) is 109 Å². The first-order chi connectivity index (χ1) is 18.7. The number of benzene rings is 3. The largest absolute Gasteiger partial charge is 0.465 e. The maximum Gasteiger partial charge on any atom is 0.326 e. The molecule has 0 saturated heterocycles. The van der Waals surface area contributed by atoms with Gasteiger partial charge in [-0.3, -0.25) is 9.10 Å². The fourth-order valence-corrected chi connectivity index (χ4v) is 5.72. The zero-order valence-electron chi connectivity index (χ0n) is 22.2. The molecule has 0 spiro atoms. The fraction of sp³-hybridized carbons (Fsp3) is 0.276. The van der Waals surface area contributed by atoms with Gasteiger partial charge >= 0.3 is 5.97 Å². The van der Waals surface area contributed by atoms with Crippen LogP contribution in [0.15, 0.2) is 77.7 Å². The van der Waals surface area contributed by atoms with Gasteiger partial charge in [-0.2, -0.15) is 5.26 Å². The molecule has 10 heteroatoms. The smallest absolute Gasteiger partial charge is 0.326 e. The number of aromatic nitrogens is 2. The van der Waals surface area contributed by atoms with Crippen molar-refractivity contribution in [3.8, 4) is 6.07 Å². The maximum absolute atomic E-state index is 13.7. The predicted molar refractivity (Wildman–Crippen MR) is 150 cm³/mol. The molecular formula is C29H31N5O4S. The van der Waals surface area contributed by atoms with Crippen LogP contribution in [-0.2, 0) is 32.5 Å². The number of likely N-dealkylation sites (N-methyl/N-ethyl adjacent to an activating group) is 1. The molecule has 0 unspecified atom stereocenters. The summed E-state index contributed by atoms with van der Waals surface area (Å²) in [5.41, 5.74) is 3.23. The Bertz CT molecular complexity index is 1590. The number of anilines is 1. The molecule has 3 aromatic carbocycles. The van der Waals surface area contributed by atoms with Gasteiger partial charge in [0.25, 0.3) is 10.0 Å². The highest BCUT2D eigenvalue weighted by Gasteiger charge is 2.26. The van der Waals surface area contributed by atoms with Gasteiger partial charge in [-0.15, -0.1) is 0 Å². The second kappa shape index (κ2) is 12.1. The highest BCUT2D eigenvalue weighted by atomic mass is 32.2. The Kier molecular flexibility index (Phi) is 8.64. The summed E-state index contributed by atoms with van der Waals surface area (Å²) in [6.45, 7) is 2.76. The number of carbonyl (C=O) groups is 1. The summed E-state index contributed by atoms with van der Waals surface area (Å²) in [5, 5.41) is 9.11. The molecular weight excluding hydrogens is 514 g/mol. The third-order valence-corrected chi connectivity index (χ3v) is 8.06. The van der Waals surface area contributed by atoms with Crippen LogP contribution in [0.25, 0.3) is 11.0 Å². The van der Waals surface area contributed by atoms with Crippen molar-refractivity contribution >= 4 is 32.7 Å². The quantitative estimate of drug-likeness (QED) is 0.264. The van der Waals surface area contributed by atoms with E-state index in [-0.39, 0.29) is 30.6 Å². The van der Waals surface area contributed by atoms with Crippen molar-refractivity contribution < 1.29 is 17.9 Å². The average molecular weight is 546 g/mol. The SMILES string of the molecule is CCOC(=O)Cn1c(Cc2ccc(C#N)cc2)nc2cc(N(CCN(C)C)S(=O)(=O)c3ccccc3)ccc21. The van der Waals surface area contributed by atoms with E-state index in [2.05, 4.69) is 6.07 Å². The first kappa shape index (κ1) is 27.8. The molecule has 39 heavy (non-hydrogen) atoms. The highest BCUT2D eigenvalue weighted by molar-refractivity contribution is 7.92. The van der Waals surface area contributed by atoms with Gasteiger partial charge < -0.3 is 14.2 Å². The van der Waals surface area contributed by atoms with Crippen molar-refractivity contribution in [2.24, 2.45) is 0 Å². The lowest BCUT2D eigenvalue weighted by Gasteiger charge is -2.26. The van der Waals surface area contributed by atoms with Gasteiger partial charge in [0.15, 0.2) is 0 Å². The van der Waals surface area contributed by atoms with Crippen molar-refractivity contribution in [1.82, 2.24) is 14.5 Å². The van der Waals surface area contributed by atoms with Crippen LogP contribution in [0.3, 0.4) is 0 Å². The molecule has 4 aromatic rings. The summed E-state index contributed by atoms with van der Waals surface area (Å²) >= 11 is 0. The number of hydrogen-bond acceptors (Lipinski definition) is 7. The Balaban J connectivity index is 1.79. The molecule has 0 aliphatic carbocycles. The van der Waals surface area contributed by atoms with Gasteiger partial charge in [-0.05, 0) is 69.0 Å². The third kappa shape index (κ3) is 6.45. The molecule has 0 aliphatic rings. The molecule has 0 N–H and O–H groups in total. The average Bonchev–Trinajstić information content (AvgIpc) is 3.25. The van der Waals surface area contributed by atoms with E-state index in [1.165, 1.54) is 4.31 Å². The third-order valence-electron chi connectivity index (χ3n) is 6.22. The number of fused-ring (bicyclic) bond motifs is 1. The number of ether oxygens (including phenoxy) is 1. The van der Waals surface area contributed by atoms with E-state index in [1.54, 1.807) is 72.2 Å². The molecule has 1 aromatic heterocycles. The zero-order valence-corrected chi connectivity index (χ0v) is 23.1. The van der Waals surface area contributed by atoms with Crippen LogP contribution in [-0.4, -0.2) is 62.6 Å². The summed E-state index contributed by atoms with van der Waals surface area (Å²) in [5.74, 6) is 0.242. The van der Waals surface area contributed by atoms with E-state index < -0.39 is 10.0 Å². The second-order valence-electron chi connectivity index (χ2n) is 9.27. The molecule has 0 fully saturated rings. The summed E-state index contributed by atoms with van der Waals surface area (Å²) in [4.78, 5) is 19.4. The molecule has 0 saturated carbocycles. The molecule has 1 heterocycles. The Morgan fingerprint density at radius 3 is 2.38 bits per heavy atom.